The van der Waals surface area contributed by atoms with Gasteiger partial charge in [-0.3, -0.25) is 4.79 Å². The van der Waals surface area contributed by atoms with E-state index in [2.05, 4.69) is 0 Å². The summed E-state index contributed by atoms with van der Waals surface area (Å²) in [5.74, 6) is -0.00722. The topological polar surface area (TPSA) is 34.1 Å². The smallest absolute Gasteiger partial charge is 0.194 e. The second-order valence-electron chi connectivity index (χ2n) is 6.37. The predicted octanol–water partition coefficient (Wildman–Crippen LogP) is 5.01. The number of carbonyl (C=O) groups is 1. The zero-order valence-corrected chi connectivity index (χ0v) is 14.4. The highest BCUT2D eigenvalue weighted by Gasteiger charge is 2.26. The molecule has 1 unspecified atom stereocenters. The minimum atomic E-state index is -1.34. The van der Waals surface area contributed by atoms with Crippen molar-refractivity contribution in [3.8, 4) is 0 Å². The number of carbonyl (C=O) groups excluding carboxylic acids is 1. The van der Waals surface area contributed by atoms with Gasteiger partial charge >= 0.3 is 0 Å². The Morgan fingerprint density at radius 3 is 2.04 bits per heavy atom. The lowest BCUT2D eigenvalue weighted by Crippen LogP contribution is -2.10. The molecular weight excluding hydrogens is 328 g/mol. The van der Waals surface area contributed by atoms with E-state index < -0.39 is 10.8 Å². The molecule has 0 fully saturated rings. The minimum Gasteiger partial charge on any atom is -0.289 e. The van der Waals surface area contributed by atoms with E-state index >= 15 is 0 Å². The van der Waals surface area contributed by atoms with Crippen LogP contribution in [0, 0.1) is 6.92 Å². The Bertz CT molecular complexity index is 1230. The number of rotatable bonds is 0. The Hall–Kier alpha value is -2.78. The molecule has 4 aromatic rings. The van der Waals surface area contributed by atoms with E-state index in [0.717, 1.165) is 32.0 Å². The fourth-order valence-electron chi connectivity index (χ4n) is 3.78. The van der Waals surface area contributed by atoms with Gasteiger partial charge in [-0.1, -0.05) is 60.7 Å². The lowest BCUT2D eigenvalue weighted by Gasteiger charge is -2.19. The van der Waals surface area contributed by atoms with Crippen molar-refractivity contribution < 1.29 is 9.00 Å². The molecule has 0 N–H and O–H groups in total. The summed E-state index contributed by atoms with van der Waals surface area (Å²) in [6.07, 6.45) is 0. The van der Waals surface area contributed by atoms with Crippen molar-refractivity contribution in [3.05, 3.63) is 83.4 Å². The maximum absolute atomic E-state index is 13.6. The normalized spacial score (nSPS) is 16.0. The molecule has 120 valence electrons. The Labute approximate surface area is 147 Å². The van der Waals surface area contributed by atoms with Gasteiger partial charge in [0.05, 0.1) is 20.6 Å². The molecule has 0 amide bonds. The van der Waals surface area contributed by atoms with Crippen LogP contribution in [-0.4, -0.2) is 9.99 Å². The quantitative estimate of drug-likeness (QED) is 0.396. The van der Waals surface area contributed by atoms with E-state index in [1.54, 1.807) is 0 Å². The molecule has 0 spiro atoms. The van der Waals surface area contributed by atoms with E-state index in [9.17, 15) is 9.00 Å². The van der Waals surface area contributed by atoms with Gasteiger partial charge in [0.2, 0.25) is 0 Å². The first-order chi connectivity index (χ1) is 12.2. The van der Waals surface area contributed by atoms with Crippen molar-refractivity contribution in [1.29, 1.82) is 0 Å². The summed E-state index contributed by atoms with van der Waals surface area (Å²) in [4.78, 5) is 14.8. The average molecular weight is 342 g/mol. The summed E-state index contributed by atoms with van der Waals surface area (Å²) in [7, 11) is -1.34. The molecule has 3 heteroatoms. The summed E-state index contributed by atoms with van der Waals surface area (Å²) < 4.78 is 13.6. The van der Waals surface area contributed by atoms with Gasteiger partial charge in [0.25, 0.3) is 0 Å². The van der Waals surface area contributed by atoms with E-state index in [1.165, 1.54) is 0 Å². The van der Waals surface area contributed by atoms with Gasteiger partial charge in [-0.05, 0) is 29.3 Å². The Morgan fingerprint density at radius 2 is 1.32 bits per heavy atom. The molecule has 25 heavy (non-hydrogen) atoms. The Balaban J connectivity index is 2.07. The molecule has 0 saturated heterocycles. The van der Waals surface area contributed by atoms with Crippen LogP contribution < -0.4 is 0 Å². The third kappa shape index (κ3) is 1.90. The van der Waals surface area contributed by atoms with Gasteiger partial charge < -0.3 is 0 Å². The number of hydrogen-bond acceptors (Lipinski definition) is 2. The Morgan fingerprint density at radius 1 is 0.720 bits per heavy atom. The van der Waals surface area contributed by atoms with Crippen LogP contribution >= 0.6 is 0 Å². The molecule has 1 atom stereocenters. The summed E-state index contributed by atoms with van der Waals surface area (Å²) in [6.45, 7) is 1.96. The molecule has 0 aromatic heterocycles. The standard InChI is InChI=1S/C22H14O2S/c1-13-11-12-15-6-3-9-17-20(15)22(13)25(24)18-10-4-7-14-5-2-8-16(19(14)18)21(17)23/h2-12H,1H3. The molecule has 1 aliphatic rings. The van der Waals surface area contributed by atoms with Crippen LogP contribution in [-0.2, 0) is 10.8 Å². The number of ketones is 1. The Kier molecular flexibility index (Phi) is 2.97. The zero-order chi connectivity index (χ0) is 17.1. The van der Waals surface area contributed by atoms with Crippen molar-refractivity contribution in [1.82, 2.24) is 0 Å². The second kappa shape index (κ2) is 5.11. The van der Waals surface area contributed by atoms with Crippen LogP contribution in [0.3, 0.4) is 0 Å². The van der Waals surface area contributed by atoms with Crippen LogP contribution in [0.4, 0.5) is 0 Å². The van der Waals surface area contributed by atoms with E-state index in [0.29, 0.717) is 16.0 Å². The molecule has 0 saturated carbocycles. The highest BCUT2D eigenvalue weighted by atomic mass is 32.2. The molecule has 2 nitrogen and oxygen atoms in total. The van der Waals surface area contributed by atoms with Crippen molar-refractivity contribution in [3.63, 3.8) is 0 Å². The molecule has 0 bridgehead atoms. The first-order valence-corrected chi connectivity index (χ1v) is 9.32. The molecule has 4 aromatic carbocycles. The number of benzene rings is 4. The largest absolute Gasteiger partial charge is 0.289 e. The highest BCUT2D eigenvalue weighted by molar-refractivity contribution is 7.85. The van der Waals surface area contributed by atoms with E-state index in [1.807, 2.05) is 73.7 Å². The maximum atomic E-state index is 13.6. The van der Waals surface area contributed by atoms with Gasteiger partial charge in [-0.2, -0.15) is 0 Å². The lowest BCUT2D eigenvalue weighted by atomic mass is 9.93. The van der Waals surface area contributed by atoms with Gasteiger partial charge in [0, 0.05) is 21.9 Å². The van der Waals surface area contributed by atoms with Crippen molar-refractivity contribution in [2.24, 2.45) is 0 Å². The molecule has 0 aliphatic carbocycles. The second-order valence-corrected chi connectivity index (χ2v) is 7.76. The predicted molar refractivity (Wildman–Crippen MR) is 101 cm³/mol. The van der Waals surface area contributed by atoms with E-state index in [-0.39, 0.29) is 5.78 Å². The van der Waals surface area contributed by atoms with Crippen LogP contribution in [0.5, 0.6) is 0 Å². The highest BCUT2D eigenvalue weighted by Crippen LogP contribution is 2.38. The lowest BCUT2D eigenvalue weighted by molar-refractivity contribution is 0.104. The van der Waals surface area contributed by atoms with Crippen LogP contribution in [0.25, 0.3) is 21.5 Å². The van der Waals surface area contributed by atoms with Gasteiger partial charge in [0.1, 0.15) is 0 Å². The number of aryl methyl sites for hydroxylation is 1. The zero-order valence-electron chi connectivity index (χ0n) is 13.6. The fraction of sp³-hybridized carbons (Fsp3) is 0.0455. The summed E-state index contributed by atoms with van der Waals surface area (Å²) in [5, 5.41) is 3.52. The number of hydrogen-bond donors (Lipinski definition) is 0. The summed E-state index contributed by atoms with van der Waals surface area (Å²) in [5.41, 5.74) is 2.20. The third-order valence-corrected chi connectivity index (χ3v) is 6.57. The van der Waals surface area contributed by atoms with Crippen molar-refractivity contribution in [2.45, 2.75) is 16.7 Å². The molecule has 1 aliphatic heterocycles. The van der Waals surface area contributed by atoms with Crippen molar-refractivity contribution in [2.75, 3.05) is 0 Å². The first kappa shape index (κ1) is 14.6. The molecule has 1 heterocycles. The monoisotopic (exact) mass is 342 g/mol. The van der Waals surface area contributed by atoms with Gasteiger partial charge in [-0.25, -0.2) is 4.21 Å². The van der Waals surface area contributed by atoms with Crippen LogP contribution in [0.2, 0.25) is 0 Å². The average Bonchev–Trinajstić information content (AvgIpc) is 2.65. The third-order valence-electron chi connectivity index (χ3n) is 4.94. The first-order valence-electron chi connectivity index (χ1n) is 8.17. The van der Waals surface area contributed by atoms with Crippen molar-refractivity contribution >= 4 is 38.1 Å². The van der Waals surface area contributed by atoms with Crippen LogP contribution in [0.1, 0.15) is 21.5 Å². The maximum Gasteiger partial charge on any atom is 0.194 e. The molecular formula is C22H14O2S. The summed E-state index contributed by atoms with van der Waals surface area (Å²) >= 11 is 0. The van der Waals surface area contributed by atoms with Gasteiger partial charge in [-0.15, -0.1) is 0 Å². The van der Waals surface area contributed by atoms with Gasteiger partial charge in [0.15, 0.2) is 5.78 Å². The molecule has 5 rings (SSSR count). The SMILES string of the molecule is Cc1ccc2cccc3c2c1S(=O)c1cccc2cccc(c12)C3=O. The van der Waals surface area contributed by atoms with E-state index in [4.69, 9.17) is 0 Å². The fourth-order valence-corrected chi connectivity index (χ4v) is 5.39. The molecule has 0 radical (unpaired) electrons. The minimum absolute atomic E-state index is 0.00722. The summed E-state index contributed by atoms with van der Waals surface area (Å²) in [6, 6.07) is 21.1. The van der Waals surface area contributed by atoms with Crippen LogP contribution in [0.15, 0.2) is 76.5 Å².